The van der Waals surface area contributed by atoms with Crippen LogP contribution in [0.5, 0.6) is 0 Å². The first kappa shape index (κ1) is 32.3. The van der Waals surface area contributed by atoms with Crippen LogP contribution in [0, 0.1) is 18.6 Å². The molecule has 4 aromatic rings. The van der Waals surface area contributed by atoms with Gasteiger partial charge in [0, 0.05) is 25.1 Å². The van der Waals surface area contributed by atoms with Crippen LogP contribution in [0.1, 0.15) is 30.0 Å². The molecule has 0 radical (unpaired) electrons. The number of halogens is 2. The van der Waals surface area contributed by atoms with E-state index < -0.39 is 46.1 Å². The molecule has 0 aliphatic heterocycles. The summed E-state index contributed by atoms with van der Waals surface area (Å²) in [5, 5.41) is 2.85. The summed E-state index contributed by atoms with van der Waals surface area (Å²) >= 11 is 0. The molecule has 0 unspecified atom stereocenters. The molecule has 230 valence electrons. The summed E-state index contributed by atoms with van der Waals surface area (Å²) in [6.07, 6.45) is 0.772. The number of carbonyl (C=O) groups is 2. The van der Waals surface area contributed by atoms with Crippen LogP contribution < -0.4 is 9.62 Å². The van der Waals surface area contributed by atoms with Crippen molar-refractivity contribution in [3.8, 4) is 0 Å². The number of anilines is 1. The standard InChI is InChI=1S/C34H35F2N3O4S/c1-3-21-37-34(41)32(22-26-9-5-4-6-10-26)38(23-27-11-7-8-12-31(27)36)33(40)24-39(29-17-13-25(2)14-18-29)44(42,43)30-19-15-28(35)16-20-30/h4-20,32H,3,21-24H2,1-2H3,(H,37,41)/t32-/m1/s1. The largest absolute Gasteiger partial charge is 0.354 e. The van der Waals surface area contributed by atoms with E-state index in [1.807, 2.05) is 44.2 Å². The molecule has 0 aliphatic rings. The highest BCUT2D eigenvalue weighted by Crippen LogP contribution is 2.26. The van der Waals surface area contributed by atoms with E-state index in [0.717, 1.165) is 39.7 Å². The third-order valence-electron chi connectivity index (χ3n) is 7.12. The average molecular weight is 620 g/mol. The Kier molecular flexibility index (Phi) is 10.8. The predicted octanol–water partition coefficient (Wildman–Crippen LogP) is 5.63. The first-order valence-corrected chi connectivity index (χ1v) is 15.7. The zero-order valence-electron chi connectivity index (χ0n) is 24.6. The molecule has 0 bridgehead atoms. The summed E-state index contributed by atoms with van der Waals surface area (Å²) in [4.78, 5) is 28.9. The van der Waals surface area contributed by atoms with E-state index in [4.69, 9.17) is 0 Å². The Bertz CT molecular complexity index is 1670. The van der Waals surface area contributed by atoms with Crippen molar-refractivity contribution in [3.05, 3.63) is 131 Å². The van der Waals surface area contributed by atoms with Crippen LogP contribution in [0.15, 0.2) is 108 Å². The molecule has 0 spiro atoms. The number of amides is 2. The molecule has 0 aromatic heterocycles. The monoisotopic (exact) mass is 619 g/mol. The number of benzene rings is 4. The predicted molar refractivity (Wildman–Crippen MR) is 166 cm³/mol. The molecular weight excluding hydrogens is 584 g/mol. The molecule has 0 fully saturated rings. The van der Waals surface area contributed by atoms with Crippen LogP contribution in [0.2, 0.25) is 0 Å². The minimum Gasteiger partial charge on any atom is -0.354 e. The molecule has 1 N–H and O–H groups in total. The number of nitrogens with one attached hydrogen (secondary N) is 1. The van der Waals surface area contributed by atoms with Crippen molar-refractivity contribution < 1.29 is 26.8 Å². The van der Waals surface area contributed by atoms with Gasteiger partial charge in [-0.3, -0.25) is 13.9 Å². The number of carbonyl (C=O) groups excluding carboxylic acids is 2. The van der Waals surface area contributed by atoms with E-state index in [-0.39, 0.29) is 29.1 Å². The molecular formula is C34H35F2N3O4S. The third-order valence-corrected chi connectivity index (χ3v) is 8.91. The van der Waals surface area contributed by atoms with Crippen LogP contribution in [-0.2, 0) is 32.6 Å². The lowest BCUT2D eigenvalue weighted by molar-refractivity contribution is -0.140. The fourth-order valence-corrected chi connectivity index (χ4v) is 6.12. The van der Waals surface area contributed by atoms with Gasteiger partial charge in [0.05, 0.1) is 10.6 Å². The SMILES string of the molecule is CCCNC(=O)[C@@H](Cc1ccccc1)N(Cc1ccccc1F)C(=O)CN(c1ccc(C)cc1)S(=O)(=O)c1ccc(F)cc1. The van der Waals surface area contributed by atoms with Crippen LogP contribution in [0.4, 0.5) is 14.5 Å². The molecule has 4 rings (SSSR count). The Labute approximate surface area is 257 Å². The van der Waals surface area contributed by atoms with Gasteiger partial charge in [0.2, 0.25) is 11.8 Å². The van der Waals surface area contributed by atoms with Crippen molar-refractivity contribution >= 4 is 27.5 Å². The molecule has 44 heavy (non-hydrogen) atoms. The summed E-state index contributed by atoms with van der Waals surface area (Å²) in [5.74, 6) is -2.33. The summed E-state index contributed by atoms with van der Waals surface area (Å²) in [7, 11) is -4.37. The van der Waals surface area contributed by atoms with Gasteiger partial charge in [-0.1, -0.05) is 73.2 Å². The maximum atomic E-state index is 14.9. The highest BCUT2D eigenvalue weighted by Gasteiger charge is 2.35. The Hall–Kier alpha value is -4.57. The normalized spacial score (nSPS) is 11.9. The summed E-state index contributed by atoms with van der Waals surface area (Å²) < 4.78 is 57.4. The topological polar surface area (TPSA) is 86.8 Å². The fourth-order valence-electron chi connectivity index (χ4n) is 4.70. The maximum Gasteiger partial charge on any atom is 0.264 e. The second kappa shape index (κ2) is 14.7. The second-order valence-corrected chi connectivity index (χ2v) is 12.3. The van der Waals surface area contributed by atoms with Crippen LogP contribution >= 0.6 is 0 Å². The first-order chi connectivity index (χ1) is 21.1. The van der Waals surface area contributed by atoms with Crippen LogP contribution in [0.3, 0.4) is 0 Å². The van der Waals surface area contributed by atoms with E-state index in [0.29, 0.717) is 13.0 Å². The Balaban J connectivity index is 1.80. The van der Waals surface area contributed by atoms with Gasteiger partial charge in [-0.25, -0.2) is 17.2 Å². The van der Waals surface area contributed by atoms with Gasteiger partial charge in [0.25, 0.3) is 10.0 Å². The van der Waals surface area contributed by atoms with Crippen LogP contribution in [-0.4, -0.2) is 44.3 Å². The number of nitrogens with zero attached hydrogens (tertiary/aromatic N) is 2. The third kappa shape index (κ3) is 8.08. The maximum absolute atomic E-state index is 14.9. The minimum absolute atomic E-state index is 0.117. The van der Waals surface area contributed by atoms with Gasteiger partial charge < -0.3 is 10.2 Å². The van der Waals surface area contributed by atoms with E-state index in [2.05, 4.69) is 5.32 Å². The Morgan fingerprint density at radius 3 is 2.11 bits per heavy atom. The quantitative estimate of drug-likeness (QED) is 0.210. The molecule has 0 heterocycles. The molecule has 0 saturated carbocycles. The zero-order valence-corrected chi connectivity index (χ0v) is 25.4. The van der Waals surface area contributed by atoms with Crippen molar-refractivity contribution in [1.29, 1.82) is 0 Å². The van der Waals surface area contributed by atoms with E-state index >= 15 is 0 Å². The smallest absolute Gasteiger partial charge is 0.264 e. The molecule has 2 amide bonds. The summed E-state index contributed by atoms with van der Waals surface area (Å²) in [6, 6.07) is 24.8. The number of hydrogen-bond donors (Lipinski definition) is 1. The summed E-state index contributed by atoms with van der Waals surface area (Å²) in [6.45, 7) is 3.13. The van der Waals surface area contributed by atoms with E-state index in [1.54, 1.807) is 30.3 Å². The lowest BCUT2D eigenvalue weighted by atomic mass is 10.0. The van der Waals surface area contributed by atoms with Gasteiger partial charge in [0.1, 0.15) is 24.2 Å². The number of rotatable bonds is 13. The van der Waals surface area contributed by atoms with Gasteiger partial charge in [-0.2, -0.15) is 0 Å². The van der Waals surface area contributed by atoms with Crippen molar-refractivity contribution in [2.45, 2.75) is 44.2 Å². The van der Waals surface area contributed by atoms with E-state index in [1.165, 1.54) is 23.1 Å². The second-order valence-electron chi connectivity index (χ2n) is 10.4. The molecule has 0 aliphatic carbocycles. The first-order valence-electron chi connectivity index (χ1n) is 14.3. The number of hydrogen-bond acceptors (Lipinski definition) is 4. The number of sulfonamides is 1. The lowest BCUT2D eigenvalue weighted by Gasteiger charge is -2.34. The summed E-state index contributed by atoms with van der Waals surface area (Å²) in [5.41, 5.74) is 2.01. The molecule has 7 nitrogen and oxygen atoms in total. The van der Waals surface area contributed by atoms with Crippen LogP contribution in [0.25, 0.3) is 0 Å². The van der Waals surface area contributed by atoms with Crippen molar-refractivity contribution in [1.82, 2.24) is 10.2 Å². The Morgan fingerprint density at radius 2 is 1.48 bits per heavy atom. The molecule has 4 aromatic carbocycles. The van der Waals surface area contributed by atoms with Crippen molar-refractivity contribution in [2.24, 2.45) is 0 Å². The highest BCUT2D eigenvalue weighted by molar-refractivity contribution is 7.92. The molecule has 0 saturated heterocycles. The van der Waals surface area contributed by atoms with Crippen molar-refractivity contribution in [2.75, 3.05) is 17.4 Å². The number of aryl methyl sites for hydroxylation is 1. The lowest BCUT2D eigenvalue weighted by Crippen LogP contribution is -2.53. The van der Waals surface area contributed by atoms with Gasteiger partial charge in [-0.05, 0) is 61.4 Å². The van der Waals surface area contributed by atoms with Gasteiger partial charge >= 0.3 is 0 Å². The van der Waals surface area contributed by atoms with Gasteiger partial charge in [0.15, 0.2) is 0 Å². The fraction of sp³-hybridized carbons (Fsp3) is 0.235. The average Bonchev–Trinajstić information content (AvgIpc) is 3.02. The minimum atomic E-state index is -4.37. The molecule has 1 atom stereocenters. The zero-order chi connectivity index (χ0) is 31.7. The highest BCUT2D eigenvalue weighted by atomic mass is 32.2. The van der Waals surface area contributed by atoms with E-state index in [9.17, 15) is 26.8 Å². The Morgan fingerprint density at radius 1 is 0.841 bits per heavy atom. The molecule has 10 heteroatoms. The van der Waals surface area contributed by atoms with Crippen molar-refractivity contribution in [3.63, 3.8) is 0 Å². The van der Waals surface area contributed by atoms with Gasteiger partial charge in [-0.15, -0.1) is 0 Å².